The molecule has 33 heavy (non-hydrogen) atoms. The van der Waals surface area contributed by atoms with Crippen molar-refractivity contribution in [2.24, 2.45) is 0 Å². The largest absolute Gasteiger partial charge is 0.485 e. The first-order chi connectivity index (χ1) is 15.9. The first kappa shape index (κ1) is 21.5. The monoisotopic (exact) mass is 449 g/mol. The average molecular weight is 450 g/mol. The molecular formula is C25H27N3O5. The van der Waals surface area contributed by atoms with Crippen LogP contribution in [0.15, 0.2) is 42.5 Å². The molecule has 8 heteroatoms. The van der Waals surface area contributed by atoms with Crippen LogP contribution in [-0.2, 0) is 14.4 Å². The summed E-state index contributed by atoms with van der Waals surface area (Å²) in [6.45, 7) is 6.09. The van der Waals surface area contributed by atoms with Crippen LogP contribution >= 0.6 is 0 Å². The average Bonchev–Trinajstić information content (AvgIpc) is 3.11. The van der Waals surface area contributed by atoms with Crippen LogP contribution in [0.25, 0.3) is 0 Å². The first-order valence-corrected chi connectivity index (χ1v) is 11.3. The minimum atomic E-state index is -0.679. The second-order valence-electron chi connectivity index (χ2n) is 8.86. The zero-order chi connectivity index (χ0) is 23.1. The number of anilines is 1. The van der Waals surface area contributed by atoms with Crippen LogP contribution in [0.1, 0.15) is 17.5 Å². The molecule has 3 aliphatic heterocycles. The SMILES string of the molecule is Cc1cc(C)cc(N2C(=O)C[C@@H](N3CCN(C(=O)[C@H]4COc5ccccc5O4)CC3)C2=O)c1. The maximum atomic E-state index is 13.2. The number of fused-ring (bicyclic) bond motifs is 1. The zero-order valence-electron chi connectivity index (χ0n) is 18.8. The summed E-state index contributed by atoms with van der Waals surface area (Å²) >= 11 is 0. The molecule has 0 aromatic heterocycles. The molecule has 172 valence electrons. The van der Waals surface area contributed by atoms with Gasteiger partial charge in [0.2, 0.25) is 12.0 Å². The fraction of sp³-hybridized carbons (Fsp3) is 0.400. The van der Waals surface area contributed by atoms with E-state index in [0.29, 0.717) is 43.4 Å². The van der Waals surface area contributed by atoms with Crippen molar-refractivity contribution < 1.29 is 23.9 Å². The van der Waals surface area contributed by atoms with Crippen molar-refractivity contribution in [2.45, 2.75) is 32.4 Å². The highest BCUT2D eigenvalue weighted by Gasteiger charge is 2.44. The van der Waals surface area contributed by atoms with E-state index in [1.807, 2.05) is 55.1 Å². The summed E-state index contributed by atoms with van der Waals surface area (Å²) in [7, 11) is 0. The number of rotatable bonds is 3. The summed E-state index contributed by atoms with van der Waals surface area (Å²) in [5, 5.41) is 0. The van der Waals surface area contributed by atoms with E-state index >= 15 is 0 Å². The number of ether oxygens (including phenoxy) is 2. The summed E-state index contributed by atoms with van der Waals surface area (Å²) in [4.78, 5) is 43.9. The van der Waals surface area contributed by atoms with E-state index in [4.69, 9.17) is 9.47 Å². The number of nitrogens with zero attached hydrogens (tertiary/aromatic N) is 3. The number of imide groups is 1. The predicted molar refractivity (Wildman–Crippen MR) is 121 cm³/mol. The van der Waals surface area contributed by atoms with Gasteiger partial charge in [0.25, 0.3) is 11.8 Å². The molecule has 0 radical (unpaired) electrons. The Morgan fingerprint density at radius 3 is 2.30 bits per heavy atom. The normalized spacial score (nSPS) is 23.2. The number of hydrogen-bond donors (Lipinski definition) is 0. The number of carbonyl (C=O) groups is 3. The molecule has 0 bridgehead atoms. The van der Waals surface area contributed by atoms with Gasteiger partial charge >= 0.3 is 0 Å². The molecule has 2 fully saturated rings. The van der Waals surface area contributed by atoms with Crippen molar-refractivity contribution in [1.29, 1.82) is 0 Å². The van der Waals surface area contributed by atoms with Gasteiger partial charge in [0.05, 0.1) is 18.2 Å². The van der Waals surface area contributed by atoms with Gasteiger partial charge in [-0.1, -0.05) is 18.2 Å². The molecule has 3 heterocycles. The maximum absolute atomic E-state index is 13.2. The Morgan fingerprint density at radius 1 is 0.939 bits per heavy atom. The lowest BCUT2D eigenvalue weighted by Crippen LogP contribution is -2.57. The fourth-order valence-electron chi connectivity index (χ4n) is 4.85. The molecule has 5 rings (SSSR count). The van der Waals surface area contributed by atoms with E-state index in [0.717, 1.165) is 11.1 Å². The Bertz CT molecular complexity index is 1090. The van der Waals surface area contributed by atoms with E-state index in [1.165, 1.54) is 4.90 Å². The summed E-state index contributed by atoms with van der Waals surface area (Å²) in [6, 6.07) is 12.6. The molecule has 2 atom stereocenters. The Kier molecular flexibility index (Phi) is 5.54. The Morgan fingerprint density at radius 2 is 1.61 bits per heavy atom. The standard InChI is InChI=1S/C25H27N3O5/c1-16-11-17(2)13-18(12-16)28-23(29)14-19(24(28)30)26-7-9-27(10-8-26)25(31)22-15-32-20-5-3-4-6-21(20)33-22/h3-6,11-13,19,22H,7-10,14-15H2,1-2H3/t19-,22-/m1/s1. The van der Waals surface area contributed by atoms with Crippen LogP contribution in [0.4, 0.5) is 5.69 Å². The van der Waals surface area contributed by atoms with Gasteiger partial charge in [-0.25, -0.2) is 4.90 Å². The van der Waals surface area contributed by atoms with Gasteiger partial charge < -0.3 is 14.4 Å². The van der Waals surface area contributed by atoms with E-state index in [2.05, 4.69) is 0 Å². The van der Waals surface area contributed by atoms with Crippen LogP contribution < -0.4 is 14.4 Å². The Hall–Kier alpha value is -3.39. The number of aryl methyl sites for hydroxylation is 2. The highest BCUT2D eigenvalue weighted by atomic mass is 16.6. The van der Waals surface area contributed by atoms with Crippen molar-refractivity contribution in [3.63, 3.8) is 0 Å². The number of piperazine rings is 1. The van der Waals surface area contributed by atoms with E-state index in [1.54, 1.807) is 11.0 Å². The van der Waals surface area contributed by atoms with Crippen LogP contribution in [-0.4, -0.2) is 72.5 Å². The lowest BCUT2D eigenvalue weighted by atomic mass is 10.1. The Labute approximate surface area is 192 Å². The lowest BCUT2D eigenvalue weighted by molar-refractivity contribution is -0.143. The van der Waals surface area contributed by atoms with E-state index in [9.17, 15) is 14.4 Å². The van der Waals surface area contributed by atoms with Gasteiger partial charge in [-0.3, -0.25) is 19.3 Å². The summed E-state index contributed by atoms with van der Waals surface area (Å²) in [5.41, 5.74) is 2.66. The highest BCUT2D eigenvalue weighted by Crippen LogP contribution is 2.32. The predicted octanol–water partition coefficient (Wildman–Crippen LogP) is 1.92. The van der Waals surface area contributed by atoms with Gasteiger partial charge in [0.15, 0.2) is 11.5 Å². The molecule has 8 nitrogen and oxygen atoms in total. The van der Waals surface area contributed by atoms with Gasteiger partial charge in [0, 0.05) is 26.2 Å². The minimum Gasteiger partial charge on any atom is -0.485 e. The molecule has 2 saturated heterocycles. The molecule has 2 aromatic carbocycles. The number of amides is 3. The number of carbonyl (C=O) groups excluding carboxylic acids is 3. The van der Waals surface area contributed by atoms with Crippen LogP contribution in [0.3, 0.4) is 0 Å². The van der Waals surface area contributed by atoms with Crippen LogP contribution in [0.5, 0.6) is 11.5 Å². The van der Waals surface area contributed by atoms with Crippen molar-refractivity contribution >= 4 is 23.4 Å². The maximum Gasteiger partial charge on any atom is 0.267 e. The quantitative estimate of drug-likeness (QED) is 0.667. The fourth-order valence-corrected chi connectivity index (χ4v) is 4.85. The van der Waals surface area contributed by atoms with Crippen molar-refractivity contribution in [2.75, 3.05) is 37.7 Å². The zero-order valence-corrected chi connectivity index (χ0v) is 18.8. The van der Waals surface area contributed by atoms with Gasteiger partial charge in [-0.15, -0.1) is 0 Å². The second-order valence-corrected chi connectivity index (χ2v) is 8.86. The van der Waals surface area contributed by atoms with Crippen molar-refractivity contribution in [1.82, 2.24) is 9.80 Å². The van der Waals surface area contributed by atoms with Gasteiger partial charge in [0.1, 0.15) is 6.61 Å². The van der Waals surface area contributed by atoms with Crippen LogP contribution in [0.2, 0.25) is 0 Å². The third-order valence-electron chi connectivity index (χ3n) is 6.44. The second kappa shape index (κ2) is 8.51. The van der Waals surface area contributed by atoms with Crippen molar-refractivity contribution in [3.8, 4) is 11.5 Å². The molecule has 2 aromatic rings. The molecule has 3 aliphatic rings. The first-order valence-electron chi connectivity index (χ1n) is 11.3. The van der Waals surface area contributed by atoms with Gasteiger partial charge in [-0.2, -0.15) is 0 Å². The Balaban J connectivity index is 1.21. The van der Waals surface area contributed by atoms with E-state index in [-0.39, 0.29) is 30.7 Å². The molecule has 0 N–H and O–H groups in total. The number of para-hydroxylation sites is 2. The van der Waals surface area contributed by atoms with Crippen LogP contribution in [0, 0.1) is 13.8 Å². The third kappa shape index (κ3) is 4.06. The third-order valence-corrected chi connectivity index (χ3v) is 6.44. The number of hydrogen-bond acceptors (Lipinski definition) is 6. The summed E-state index contributed by atoms with van der Waals surface area (Å²) in [5.74, 6) is 0.728. The molecule has 3 amide bonds. The molecule has 0 saturated carbocycles. The number of benzene rings is 2. The van der Waals surface area contributed by atoms with Crippen molar-refractivity contribution in [3.05, 3.63) is 53.6 Å². The molecule has 0 aliphatic carbocycles. The smallest absolute Gasteiger partial charge is 0.267 e. The highest BCUT2D eigenvalue weighted by molar-refractivity contribution is 6.22. The summed E-state index contributed by atoms with van der Waals surface area (Å²) < 4.78 is 11.5. The molecular weight excluding hydrogens is 422 g/mol. The van der Waals surface area contributed by atoms with Gasteiger partial charge in [-0.05, 0) is 49.2 Å². The summed E-state index contributed by atoms with van der Waals surface area (Å²) in [6.07, 6.45) is -0.517. The minimum absolute atomic E-state index is 0.116. The molecule has 0 unspecified atom stereocenters. The topological polar surface area (TPSA) is 79.4 Å². The lowest BCUT2D eigenvalue weighted by Gasteiger charge is -2.38. The van der Waals surface area contributed by atoms with E-state index < -0.39 is 12.1 Å². The molecule has 0 spiro atoms.